The zero-order valence-corrected chi connectivity index (χ0v) is 18.5. The van der Waals surface area contributed by atoms with E-state index in [1.54, 1.807) is 7.11 Å². The Balaban J connectivity index is 1.76. The quantitative estimate of drug-likeness (QED) is 0.330. The fraction of sp³-hybridized carbons (Fsp3) is 0.154. The van der Waals surface area contributed by atoms with Crippen molar-refractivity contribution in [2.45, 2.75) is 6.42 Å². The molecule has 0 N–H and O–H groups in total. The van der Waals surface area contributed by atoms with E-state index in [0.717, 1.165) is 24.3 Å². The summed E-state index contributed by atoms with van der Waals surface area (Å²) in [7, 11) is 2.57. The van der Waals surface area contributed by atoms with Crippen LogP contribution in [0.4, 0.5) is 0 Å². The highest BCUT2D eigenvalue weighted by Gasteiger charge is 2.17. The normalized spacial score (nSPS) is 12.6. The molecule has 0 aromatic heterocycles. The van der Waals surface area contributed by atoms with Gasteiger partial charge in [-0.3, -0.25) is 0 Å². The Hall–Kier alpha value is -2.71. The molecule has 0 aliphatic heterocycles. The summed E-state index contributed by atoms with van der Waals surface area (Å²) in [6, 6.07) is 28.7. The minimum Gasteiger partial charge on any atom is -0.436 e. The van der Waals surface area contributed by atoms with E-state index in [0.29, 0.717) is 0 Å². The monoisotopic (exact) mass is 417 g/mol. The Labute approximate surface area is 181 Å². The zero-order valence-electron chi connectivity index (χ0n) is 17.6. The Kier molecular flexibility index (Phi) is 8.41. The van der Waals surface area contributed by atoms with Crippen molar-refractivity contribution in [3.63, 3.8) is 0 Å². The highest BCUT2D eigenvalue weighted by Crippen LogP contribution is 2.41. The lowest BCUT2D eigenvalue weighted by molar-refractivity contribution is 0.330. The van der Waals surface area contributed by atoms with Crippen LogP contribution >= 0.6 is 8.53 Å². The molecule has 3 nitrogen and oxygen atoms in total. The molecule has 0 aliphatic carbocycles. The lowest BCUT2D eigenvalue weighted by Gasteiger charge is -2.24. The van der Waals surface area contributed by atoms with Gasteiger partial charge in [0.2, 0.25) is 0 Å². The lowest BCUT2D eigenvalue weighted by Crippen LogP contribution is -2.17. The molecule has 0 spiro atoms. The van der Waals surface area contributed by atoms with Crippen molar-refractivity contribution in [2.75, 3.05) is 20.7 Å². The third-order valence-corrected chi connectivity index (χ3v) is 6.16. The van der Waals surface area contributed by atoms with Crippen molar-refractivity contribution in [3.8, 4) is 5.75 Å². The Morgan fingerprint density at radius 3 is 2.23 bits per heavy atom. The van der Waals surface area contributed by atoms with E-state index < -0.39 is 8.53 Å². The van der Waals surface area contributed by atoms with Gasteiger partial charge in [0, 0.05) is 13.7 Å². The molecule has 30 heavy (non-hydrogen) atoms. The summed E-state index contributed by atoms with van der Waals surface area (Å²) in [5.74, 6) is 0.817. The first-order valence-electron chi connectivity index (χ1n) is 9.98. The predicted octanol–water partition coefficient (Wildman–Crippen LogP) is 7.04. The van der Waals surface area contributed by atoms with Crippen LogP contribution in [-0.2, 0) is 4.52 Å². The van der Waals surface area contributed by atoms with E-state index in [4.69, 9.17) is 9.05 Å². The molecule has 3 rings (SSSR count). The second-order valence-electron chi connectivity index (χ2n) is 6.77. The van der Waals surface area contributed by atoms with Gasteiger partial charge < -0.3 is 9.05 Å². The van der Waals surface area contributed by atoms with Crippen LogP contribution in [0, 0.1) is 0 Å². The summed E-state index contributed by atoms with van der Waals surface area (Å²) in [6.45, 7) is 4.80. The molecule has 1 unspecified atom stereocenters. The molecule has 0 aliphatic rings. The van der Waals surface area contributed by atoms with Gasteiger partial charge in [-0.1, -0.05) is 91.5 Å². The average molecular weight is 417 g/mol. The maximum Gasteiger partial charge on any atom is 0.320 e. The van der Waals surface area contributed by atoms with Gasteiger partial charge in [-0.15, -0.1) is 0 Å². The van der Waals surface area contributed by atoms with Crippen molar-refractivity contribution in [1.82, 2.24) is 4.67 Å². The highest BCUT2D eigenvalue weighted by atomic mass is 31.2. The second kappa shape index (κ2) is 11.5. The second-order valence-corrected chi connectivity index (χ2v) is 8.48. The SMILES string of the molecule is C=Cc1ccccc1/C(=C/CCN(C)P(OC)Oc1ccccc1)c1ccccc1. The average Bonchev–Trinajstić information content (AvgIpc) is 2.81. The largest absolute Gasteiger partial charge is 0.436 e. The van der Waals surface area contributed by atoms with E-state index in [1.165, 1.54) is 16.7 Å². The molecule has 0 heterocycles. The maximum atomic E-state index is 6.02. The molecule has 0 saturated heterocycles. The van der Waals surface area contributed by atoms with Crippen LogP contribution < -0.4 is 4.52 Å². The number of benzene rings is 3. The van der Waals surface area contributed by atoms with Crippen LogP contribution in [0.25, 0.3) is 11.6 Å². The first kappa shape index (κ1) is 22.0. The van der Waals surface area contributed by atoms with Crippen LogP contribution in [0.2, 0.25) is 0 Å². The molecule has 0 fully saturated rings. The third kappa shape index (κ3) is 5.90. The van der Waals surface area contributed by atoms with Crippen molar-refractivity contribution >= 4 is 20.2 Å². The van der Waals surface area contributed by atoms with Gasteiger partial charge in [0.25, 0.3) is 0 Å². The van der Waals surface area contributed by atoms with Crippen LogP contribution in [0.15, 0.2) is 97.6 Å². The minimum atomic E-state index is -1.16. The fourth-order valence-electron chi connectivity index (χ4n) is 3.22. The summed E-state index contributed by atoms with van der Waals surface area (Å²) in [4.78, 5) is 0. The standard InChI is InChI=1S/C26H28NO2P/c1-4-22-14-11-12-19-25(22)26(23-15-7-5-8-16-23)20-13-21-27(2)30(28-3)29-24-17-9-6-10-18-24/h4-12,14-20H,1,13,21H2,2-3H3/b26-20+. The molecule has 0 saturated carbocycles. The predicted molar refractivity (Wildman–Crippen MR) is 128 cm³/mol. The zero-order chi connectivity index (χ0) is 21.2. The first-order chi connectivity index (χ1) is 14.7. The van der Waals surface area contributed by atoms with Crippen molar-refractivity contribution in [3.05, 3.63) is 114 Å². The van der Waals surface area contributed by atoms with Gasteiger partial charge in [0.1, 0.15) is 5.75 Å². The number of hydrogen-bond donors (Lipinski definition) is 0. The summed E-state index contributed by atoms with van der Waals surface area (Å²) < 4.78 is 13.8. The Morgan fingerprint density at radius 1 is 0.933 bits per heavy atom. The molecule has 154 valence electrons. The fourth-order valence-corrected chi connectivity index (χ4v) is 4.29. The molecule has 0 amide bonds. The van der Waals surface area contributed by atoms with Crippen molar-refractivity contribution in [2.24, 2.45) is 0 Å². The number of hydrogen-bond acceptors (Lipinski definition) is 3. The van der Waals surface area contributed by atoms with E-state index in [9.17, 15) is 0 Å². The molecular formula is C26H28NO2P. The van der Waals surface area contributed by atoms with Crippen molar-refractivity contribution in [1.29, 1.82) is 0 Å². The molecular weight excluding hydrogens is 389 g/mol. The lowest BCUT2D eigenvalue weighted by atomic mass is 9.93. The highest BCUT2D eigenvalue weighted by molar-refractivity contribution is 7.44. The van der Waals surface area contributed by atoms with Gasteiger partial charge in [0.05, 0.1) is 0 Å². The molecule has 3 aromatic rings. The molecule has 0 bridgehead atoms. The Morgan fingerprint density at radius 2 is 1.57 bits per heavy atom. The number of nitrogens with zero attached hydrogens (tertiary/aromatic N) is 1. The third-order valence-electron chi connectivity index (χ3n) is 4.72. The van der Waals surface area contributed by atoms with Gasteiger partial charge in [0.15, 0.2) is 0 Å². The van der Waals surface area contributed by atoms with Gasteiger partial charge >= 0.3 is 8.53 Å². The number of rotatable bonds is 10. The summed E-state index contributed by atoms with van der Waals surface area (Å²) in [5, 5.41) is 0. The van der Waals surface area contributed by atoms with Crippen LogP contribution in [0.3, 0.4) is 0 Å². The molecule has 1 atom stereocenters. The minimum absolute atomic E-state index is 0.817. The summed E-state index contributed by atoms with van der Waals surface area (Å²) in [6.07, 6.45) is 5.07. The van der Waals surface area contributed by atoms with Gasteiger partial charge in [-0.05, 0) is 47.9 Å². The Bertz CT molecular complexity index is 957. The van der Waals surface area contributed by atoms with E-state index in [-0.39, 0.29) is 0 Å². The van der Waals surface area contributed by atoms with Gasteiger partial charge in [-0.2, -0.15) is 0 Å². The molecule has 0 radical (unpaired) electrons. The van der Waals surface area contributed by atoms with Crippen LogP contribution in [0.5, 0.6) is 5.75 Å². The number of para-hydroxylation sites is 1. The summed E-state index contributed by atoms with van der Waals surface area (Å²) >= 11 is 0. The van der Waals surface area contributed by atoms with E-state index in [1.807, 2.05) is 55.6 Å². The van der Waals surface area contributed by atoms with E-state index >= 15 is 0 Å². The topological polar surface area (TPSA) is 21.7 Å². The summed E-state index contributed by atoms with van der Waals surface area (Å²) in [5.41, 5.74) is 4.73. The van der Waals surface area contributed by atoms with Gasteiger partial charge in [-0.25, -0.2) is 4.67 Å². The van der Waals surface area contributed by atoms with Crippen LogP contribution in [-0.4, -0.2) is 25.4 Å². The van der Waals surface area contributed by atoms with Crippen molar-refractivity contribution < 1.29 is 9.05 Å². The van der Waals surface area contributed by atoms with E-state index in [2.05, 4.69) is 59.8 Å². The first-order valence-corrected chi connectivity index (χ1v) is 11.1. The maximum absolute atomic E-state index is 6.02. The molecule has 3 aromatic carbocycles. The smallest absolute Gasteiger partial charge is 0.320 e. The van der Waals surface area contributed by atoms with Crippen LogP contribution in [0.1, 0.15) is 23.1 Å². The molecule has 4 heteroatoms.